The molecule has 1 aromatic heterocycles. The number of ether oxygens (including phenoxy) is 1. The van der Waals surface area contributed by atoms with Crippen molar-refractivity contribution >= 4 is 39.9 Å². The fraction of sp³-hybridized carbons (Fsp3) is 0.167. The third kappa shape index (κ3) is 6.98. The van der Waals surface area contributed by atoms with Gasteiger partial charge in [-0.15, -0.1) is 0 Å². The summed E-state index contributed by atoms with van der Waals surface area (Å²) in [6.45, 7) is 0.644. The lowest BCUT2D eigenvalue weighted by Gasteiger charge is -2.27. The lowest BCUT2D eigenvalue weighted by Crippen LogP contribution is -3.00. The van der Waals surface area contributed by atoms with E-state index in [2.05, 4.69) is 101 Å². The molecule has 7 nitrogen and oxygen atoms in total. The van der Waals surface area contributed by atoms with E-state index in [1.165, 1.54) is 22.0 Å². The van der Waals surface area contributed by atoms with Crippen molar-refractivity contribution in [1.29, 1.82) is 0 Å². The zero-order valence-electron chi connectivity index (χ0n) is 24.7. The molecule has 0 spiro atoms. The Morgan fingerprint density at radius 3 is 1.73 bits per heavy atom. The molecule has 1 heterocycles. The van der Waals surface area contributed by atoms with Gasteiger partial charge in [-0.2, -0.15) is 0 Å². The third-order valence-electron chi connectivity index (χ3n) is 8.00. The number of hydrogen-bond donors (Lipinski definition) is 0. The Morgan fingerprint density at radius 2 is 1.18 bits per heavy atom. The first kappa shape index (κ1) is 32.0. The number of rotatable bonds is 13. The summed E-state index contributed by atoms with van der Waals surface area (Å²) in [6.07, 6.45) is 5.48. The van der Waals surface area contributed by atoms with Crippen LogP contribution in [0.4, 0.5) is 5.69 Å². The molecule has 6 rings (SSSR count). The first-order valence-electron chi connectivity index (χ1n) is 14.8. The molecular formula is C36H33BrN3O4P. The predicted octanol–water partition coefficient (Wildman–Crippen LogP) is 4.74. The maximum atomic E-state index is 11.3. The molecule has 0 unspecified atom stereocenters. The molecule has 0 aliphatic carbocycles. The van der Waals surface area contributed by atoms with Gasteiger partial charge in [-0.3, -0.25) is 10.1 Å². The Morgan fingerprint density at radius 1 is 0.644 bits per heavy atom. The number of halogens is 1. The minimum atomic E-state index is -1.78. The summed E-state index contributed by atoms with van der Waals surface area (Å²) in [4.78, 5) is 10.8. The van der Waals surface area contributed by atoms with Crippen molar-refractivity contribution in [3.05, 3.63) is 138 Å². The largest absolute Gasteiger partial charge is 1.00 e. The van der Waals surface area contributed by atoms with Crippen molar-refractivity contribution in [2.75, 3.05) is 12.8 Å². The number of fused-ring (bicyclic) bond motifs is 1. The van der Waals surface area contributed by atoms with Gasteiger partial charge in [0.05, 0.1) is 17.7 Å². The zero-order chi connectivity index (χ0) is 30.2. The highest BCUT2D eigenvalue weighted by Gasteiger charge is 2.44. The normalized spacial score (nSPS) is 11.2. The SMILES string of the molecule is O=[N+]([O-])c1ccc(-c2ccc(OCCCCCC[P+](c3ccccc3)(c3ccccc3)c3ccccc3)cc2)c2nonc12.[Br-]. The number of aromatic nitrogens is 2. The standard InChI is InChI=1S/C36H33N3O4P.BrH/c40-39(41)34-25-24-33(35-36(34)38-43-37-35)28-20-22-29(23-21-28)42-26-12-1-2-13-27-44(30-14-6-3-7-15-30,31-16-8-4-9-17-31)32-18-10-5-11-19-32;/h3-11,14-25H,1-2,12-13,26-27H2;1H/q+1;/p-1. The molecule has 0 amide bonds. The van der Waals surface area contributed by atoms with Gasteiger partial charge in [0.1, 0.15) is 34.4 Å². The van der Waals surface area contributed by atoms with Gasteiger partial charge in [-0.25, -0.2) is 4.63 Å². The van der Waals surface area contributed by atoms with Gasteiger partial charge >= 0.3 is 5.69 Å². The van der Waals surface area contributed by atoms with Crippen LogP contribution < -0.4 is 37.6 Å². The number of hydrogen-bond acceptors (Lipinski definition) is 6. The van der Waals surface area contributed by atoms with E-state index in [0.29, 0.717) is 12.1 Å². The van der Waals surface area contributed by atoms with Gasteiger partial charge in [-0.05, 0) is 96.2 Å². The van der Waals surface area contributed by atoms with Crippen molar-refractivity contribution in [2.45, 2.75) is 25.7 Å². The topological polar surface area (TPSA) is 91.3 Å². The Kier molecular flexibility index (Phi) is 10.7. The van der Waals surface area contributed by atoms with Crippen LogP contribution in [0.15, 0.2) is 132 Å². The third-order valence-corrected chi connectivity index (χ3v) is 12.5. The highest BCUT2D eigenvalue weighted by atomic mass is 79.9. The number of unbranched alkanes of at least 4 members (excludes halogenated alkanes) is 3. The Hall–Kier alpha value is -4.39. The minimum absolute atomic E-state index is 0. The van der Waals surface area contributed by atoms with Crippen LogP contribution in [0.5, 0.6) is 5.75 Å². The fourth-order valence-corrected chi connectivity index (χ4v) is 10.3. The van der Waals surface area contributed by atoms with Gasteiger partial charge < -0.3 is 21.7 Å². The van der Waals surface area contributed by atoms with Crippen LogP contribution in [0.3, 0.4) is 0 Å². The maximum absolute atomic E-state index is 11.3. The van der Waals surface area contributed by atoms with E-state index in [1.54, 1.807) is 6.07 Å². The lowest BCUT2D eigenvalue weighted by molar-refractivity contribution is -0.383. The van der Waals surface area contributed by atoms with E-state index in [0.717, 1.165) is 48.7 Å². The molecule has 0 N–H and O–H groups in total. The van der Waals surface area contributed by atoms with Crippen molar-refractivity contribution < 1.29 is 31.3 Å². The molecule has 0 aliphatic heterocycles. The highest BCUT2D eigenvalue weighted by molar-refractivity contribution is 7.95. The number of nitro groups is 1. The average molecular weight is 683 g/mol. The highest BCUT2D eigenvalue weighted by Crippen LogP contribution is 2.56. The van der Waals surface area contributed by atoms with Gasteiger partial charge in [0.2, 0.25) is 5.52 Å². The molecule has 0 aliphatic rings. The molecule has 5 aromatic carbocycles. The molecule has 9 heteroatoms. The van der Waals surface area contributed by atoms with E-state index >= 15 is 0 Å². The quantitative estimate of drug-likeness (QED) is 0.0758. The fourth-order valence-electron chi connectivity index (χ4n) is 5.84. The number of nitrogens with zero attached hydrogens (tertiary/aromatic N) is 3. The Balaban J connectivity index is 0.00000400. The summed E-state index contributed by atoms with van der Waals surface area (Å²) in [5, 5.41) is 23.2. The van der Waals surface area contributed by atoms with Crippen molar-refractivity contribution in [3.8, 4) is 16.9 Å². The second-order valence-corrected chi connectivity index (χ2v) is 14.3. The number of nitro benzene ring substituents is 1. The molecule has 0 fully saturated rings. The Labute approximate surface area is 273 Å². The van der Waals surface area contributed by atoms with Gasteiger partial charge in [0.15, 0.2) is 0 Å². The van der Waals surface area contributed by atoms with Crippen molar-refractivity contribution in [3.63, 3.8) is 0 Å². The molecule has 0 saturated carbocycles. The smallest absolute Gasteiger partial charge is 0.300 e. The lowest BCUT2D eigenvalue weighted by atomic mass is 10.0. The molecule has 6 aromatic rings. The monoisotopic (exact) mass is 681 g/mol. The van der Waals surface area contributed by atoms with Crippen LogP contribution >= 0.6 is 7.26 Å². The molecular weight excluding hydrogens is 649 g/mol. The van der Waals surface area contributed by atoms with Crippen LogP contribution in [0.25, 0.3) is 22.2 Å². The second-order valence-electron chi connectivity index (χ2n) is 10.7. The minimum Gasteiger partial charge on any atom is -1.00 e. The predicted molar refractivity (Wildman–Crippen MR) is 178 cm³/mol. The molecule has 0 radical (unpaired) electrons. The second kappa shape index (κ2) is 15.1. The van der Waals surface area contributed by atoms with E-state index < -0.39 is 12.2 Å². The van der Waals surface area contributed by atoms with Crippen LogP contribution in [0, 0.1) is 10.1 Å². The van der Waals surface area contributed by atoms with Gasteiger partial charge in [0.25, 0.3) is 0 Å². The van der Waals surface area contributed by atoms with Gasteiger partial charge in [0, 0.05) is 11.6 Å². The summed E-state index contributed by atoms with van der Waals surface area (Å²) in [5.41, 5.74) is 1.96. The maximum Gasteiger partial charge on any atom is 0.300 e. The summed E-state index contributed by atoms with van der Waals surface area (Å²) in [5.74, 6) is 0.785. The Bertz CT molecular complexity index is 1720. The average Bonchev–Trinajstić information content (AvgIpc) is 3.57. The molecule has 228 valence electrons. The molecule has 0 atom stereocenters. The van der Waals surface area contributed by atoms with Crippen molar-refractivity contribution in [2.24, 2.45) is 0 Å². The van der Waals surface area contributed by atoms with Crippen LogP contribution in [-0.4, -0.2) is 28.0 Å². The number of non-ortho nitro benzene ring substituents is 1. The number of benzene rings is 5. The summed E-state index contributed by atoms with van der Waals surface area (Å²) >= 11 is 0. The summed E-state index contributed by atoms with van der Waals surface area (Å²) < 4.78 is 10.8. The van der Waals surface area contributed by atoms with E-state index in [1.807, 2.05) is 24.3 Å². The molecule has 45 heavy (non-hydrogen) atoms. The summed E-state index contributed by atoms with van der Waals surface area (Å²) in [7, 11) is -1.78. The molecule has 0 saturated heterocycles. The van der Waals surface area contributed by atoms with Crippen LogP contribution in [0.1, 0.15) is 25.7 Å². The first-order valence-corrected chi connectivity index (χ1v) is 16.8. The summed E-state index contributed by atoms with van der Waals surface area (Å²) in [6, 6.07) is 43.9. The zero-order valence-corrected chi connectivity index (χ0v) is 27.1. The van der Waals surface area contributed by atoms with Gasteiger partial charge in [-0.1, -0.05) is 66.7 Å². The van der Waals surface area contributed by atoms with E-state index in [9.17, 15) is 10.1 Å². The molecule has 0 bridgehead atoms. The van der Waals surface area contributed by atoms with E-state index in [-0.39, 0.29) is 28.2 Å². The van der Waals surface area contributed by atoms with E-state index in [4.69, 9.17) is 9.37 Å². The van der Waals surface area contributed by atoms with Crippen molar-refractivity contribution in [1.82, 2.24) is 10.3 Å². The van der Waals surface area contributed by atoms with Crippen LogP contribution in [-0.2, 0) is 0 Å². The van der Waals surface area contributed by atoms with Crippen LogP contribution in [0.2, 0.25) is 0 Å². The first-order chi connectivity index (χ1) is 21.7.